The van der Waals surface area contributed by atoms with Crippen LogP contribution in [-0.4, -0.2) is 17.7 Å². The zero-order chi connectivity index (χ0) is 18.9. The number of aromatic nitrogens is 1. The van der Waals surface area contributed by atoms with Crippen molar-refractivity contribution in [3.8, 4) is 11.1 Å². The van der Waals surface area contributed by atoms with Gasteiger partial charge in [-0.3, -0.25) is 4.98 Å². The molecule has 27 heavy (non-hydrogen) atoms. The van der Waals surface area contributed by atoms with Crippen LogP contribution < -0.4 is 0 Å². The van der Waals surface area contributed by atoms with E-state index in [2.05, 4.69) is 24.1 Å². The molecule has 3 heteroatoms. The van der Waals surface area contributed by atoms with Gasteiger partial charge in [0, 0.05) is 24.8 Å². The van der Waals surface area contributed by atoms with Crippen molar-refractivity contribution >= 4 is 6.08 Å². The predicted molar refractivity (Wildman–Crippen MR) is 108 cm³/mol. The Morgan fingerprint density at radius 1 is 1.15 bits per heavy atom. The van der Waals surface area contributed by atoms with Gasteiger partial charge in [-0.15, -0.1) is 0 Å². The van der Waals surface area contributed by atoms with E-state index in [1.165, 1.54) is 37.8 Å². The molecule has 0 amide bonds. The van der Waals surface area contributed by atoms with Crippen LogP contribution in [0.5, 0.6) is 0 Å². The number of nitrogens with zero attached hydrogens (tertiary/aromatic N) is 1. The van der Waals surface area contributed by atoms with Crippen LogP contribution in [0.1, 0.15) is 44.7 Å². The summed E-state index contributed by atoms with van der Waals surface area (Å²) in [7, 11) is 1.85. The summed E-state index contributed by atoms with van der Waals surface area (Å²) in [6.45, 7) is 2.26. The van der Waals surface area contributed by atoms with E-state index in [4.69, 9.17) is 4.74 Å². The molecule has 2 aliphatic rings. The third kappa shape index (κ3) is 3.70. The van der Waals surface area contributed by atoms with E-state index < -0.39 is 0 Å². The molecule has 0 bridgehead atoms. The number of hydrogen-bond donors (Lipinski definition) is 0. The summed E-state index contributed by atoms with van der Waals surface area (Å²) in [5.41, 5.74) is 2.65. The van der Waals surface area contributed by atoms with E-state index in [0.29, 0.717) is 5.92 Å². The molecule has 2 aliphatic carbocycles. The largest absolute Gasteiger partial charge is 0.378 e. The van der Waals surface area contributed by atoms with Gasteiger partial charge in [-0.25, -0.2) is 4.39 Å². The Bertz CT molecular complexity index is 815. The Labute approximate surface area is 161 Å². The third-order valence-corrected chi connectivity index (χ3v) is 6.69. The Balaban J connectivity index is 1.53. The Morgan fingerprint density at radius 2 is 2.00 bits per heavy atom. The second-order valence-electron chi connectivity index (χ2n) is 8.30. The molecular weight excluding hydrogens is 337 g/mol. The molecule has 2 saturated carbocycles. The van der Waals surface area contributed by atoms with Crippen molar-refractivity contribution in [1.29, 1.82) is 0 Å². The molecule has 4 rings (SSSR count). The lowest BCUT2D eigenvalue weighted by Crippen LogP contribution is -2.33. The molecule has 0 unspecified atom stereocenters. The van der Waals surface area contributed by atoms with Gasteiger partial charge in [-0.2, -0.15) is 0 Å². The lowest BCUT2D eigenvalue weighted by Gasteiger charge is -2.32. The SMILES string of the molecule is CO[C@@]1(C)C[C@H]2CCCC[C@H]2[C@@H]1/C=C/c1ccc(-c2cccc(F)c2)cn1. The molecule has 0 spiro atoms. The number of rotatable bonds is 4. The number of halogens is 1. The first kappa shape index (κ1) is 18.4. The van der Waals surface area contributed by atoms with E-state index in [0.717, 1.165) is 35.1 Å². The summed E-state index contributed by atoms with van der Waals surface area (Å²) >= 11 is 0. The van der Waals surface area contributed by atoms with Gasteiger partial charge in [0.2, 0.25) is 0 Å². The van der Waals surface area contributed by atoms with Crippen molar-refractivity contribution < 1.29 is 9.13 Å². The lowest BCUT2D eigenvalue weighted by atomic mass is 9.77. The maximum Gasteiger partial charge on any atom is 0.123 e. The van der Waals surface area contributed by atoms with Crippen molar-refractivity contribution in [2.24, 2.45) is 17.8 Å². The van der Waals surface area contributed by atoms with Gasteiger partial charge < -0.3 is 4.74 Å². The molecule has 0 radical (unpaired) electrons. The molecular formula is C24H28FNO. The van der Waals surface area contributed by atoms with Crippen LogP contribution in [0, 0.1) is 23.6 Å². The van der Waals surface area contributed by atoms with Crippen molar-refractivity contribution in [3.63, 3.8) is 0 Å². The zero-order valence-corrected chi connectivity index (χ0v) is 16.2. The number of benzene rings is 1. The summed E-state index contributed by atoms with van der Waals surface area (Å²) in [5, 5.41) is 0. The van der Waals surface area contributed by atoms with Crippen LogP contribution >= 0.6 is 0 Å². The predicted octanol–water partition coefficient (Wildman–Crippen LogP) is 6.13. The molecule has 1 aromatic heterocycles. The average molecular weight is 365 g/mol. The second kappa shape index (κ2) is 7.55. The van der Waals surface area contributed by atoms with Gasteiger partial charge in [0.05, 0.1) is 11.3 Å². The summed E-state index contributed by atoms with van der Waals surface area (Å²) in [6, 6.07) is 10.6. The van der Waals surface area contributed by atoms with Gasteiger partial charge in [-0.05, 0) is 61.4 Å². The molecule has 142 valence electrons. The standard InChI is InChI=1S/C24H28FNO/c1-24(27-2)15-18-6-3-4-9-22(18)23(24)13-12-21-11-10-19(16-26-21)17-7-5-8-20(25)14-17/h5,7-8,10-14,16,18,22-23H,3-4,6,9,15H2,1-2H3/b13-12+/t18-,22-,23+,24+/m1/s1. The fourth-order valence-corrected chi connectivity index (χ4v) is 5.18. The molecule has 0 N–H and O–H groups in total. The molecule has 2 nitrogen and oxygen atoms in total. The van der Waals surface area contributed by atoms with Gasteiger partial charge in [-0.1, -0.05) is 43.5 Å². The van der Waals surface area contributed by atoms with Crippen LogP contribution in [0.4, 0.5) is 4.39 Å². The smallest absolute Gasteiger partial charge is 0.123 e. The Morgan fingerprint density at radius 3 is 2.74 bits per heavy atom. The molecule has 4 atom stereocenters. The van der Waals surface area contributed by atoms with E-state index in [1.807, 2.05) is 31.5 Å². The Hall–Kier alpha value is -2.00. The van der Waals surface area contributed by atoms with Gasteiger partial charge >= 0.3 is 0 Å². The number of fused-ring (bicyclic) bond motifs is 1. The number of pyridine rings is 1. The van der Waals surface area contributed by atoms with E-state index in [1.54, 1.807) is 6.07 Å². The highest BCUT2D eigenvalue weighted by molar-refractivity contribution is 5.63. The molecule has 1 heterocycles. The zero-order valence-electron chi connectivity index (χ0n) is 16.2. The quantitative estimate of drug-likeness (QED) is 0.650. The molecule has 2 aromatic rings. The maximum atomic E-state index is 13.4. The third-order valence-electron chi connectivity index (χ3n) is 6.69. The molecule has 2 fully saturated rings. The Kier molecular flexibility index (Phi) is 5.14. The minimum atomic E-state index is -0.224. The fourth-order valence-electron chi connectivity index (χ4n) is 5.18. The highest BCUT2D eigenvalue weighted by atomic mass is 19.1. The van der Waals surface area contributed by atoms with E-state index in [9.17, 15) is 4.39 Å². The van der Waals surface area contributed by atoms with Gasteiger partial charge in [0.1, 0.15) is 5.82 Å². The normalized spacial score (nSPS) is 30.6. The summed E-state index contributed by atoms with van der Waals surface area (Å²) < 4.78 is 19.4. The first-order valence-electron chi connectivity index (χ1n) is 10.0. The monoisotopic (exact) mass is 365 g/mol. The van der Waals surface area contributed by atoms with Gasteiger partial charge in [0.25, 0.3) is 0 Å². The lowest BCUT2D eigenvalue weighted by molar-refractivity contribution is -0.0183. The van der Waals surface area contributed by atoms with Crippen molar-refractivity contribution in [1.82, 2.24) is 4.98 Å². The van der Waals surface area contributed by atoms with Gasteiger partial charge in [0.15, 0.2) is 0 Å². The van der Waals surface area contributed by atoms with Crippen molar-refractivity contribution in [2.45, 2.75) is 44.6 Å². The minimum absolute atomic E-state index is 0.0717. The van der Waals surface area contributed by atoms with Crippen molar-refractivity contribution in [2.75, 3.05) is 7.11 Å². The number of hydrogen-bond acceptors (Lipinski definition) is 2. The van der Waals surface area contributed by atoms with Crippen LogP contribution in [-0.2, 0) is 4.74 Å². The summed E-state index contributed by atoms with van der Waals surface area (Å²) in [4.78, 5) is 4.57. The summed E-state index contributed by atoms with van der Waals surface area (Å²) in [6.07, 6.45) is 12.8. The number of ether oxygens (including phenoxy) is 1. The van der Waals surface area contributed by atoms with Crippen LogP contribution in [0.2, 0.25) is 0 Å². The molecule has 0 aliphatic heterocycles. The first-order chi connectivity index (χ1) is 13.1. The summed E-state index contributed by atoms with van der Waals surface area (Å²) in [5.74, 6) is 1.74. The first-order valence-corrected chi connectivity index (χ1v) is 10.0. The highest BCUT2D eigenvalue weighted by Gasteiger charge is 2.50. The molecule has 1 aromatic carbocycles. The topological polar surface area (TPSA) is 22.1 Å². The minimum Gasteiger partial charge on any atom is -0.378 e. The van der Waals surface area contributed by atoms with Crippen molar-refractivity contribution in [3.05, 3.63) is 60.2 Å². The average Bonchev–Trinajstić information content (AvgIpc) is 2.99. The number of methoxy groups -OCH3 is 1. The van der Waals surface area contributed by atoms with Crippen LogP contribution in [0.15, 0.2) is 48.7 Å². The van der Waals surface area contributed by atoms with Crippen LogP contribution in [0.25, 0.3) is 17.2 Å². The molecule has 0 saturated heterocycles. The van der Waals surface area contributed by atoms with Crippen LogP contribution in [0.3, 0.4) is 0 Å². The van der Waals surface area contributed by atoms with E-state index >= 15 is 0 Å². The second-order valence-corrected chi connectivity index (χ2v) is 8.30. The highest BCUT2D eigenvalue weighted by Crippen LogP contribution is 2.52. The van der Waals surface area contributed by atoms with E-state index in [-0.39, 0.29) is 11.4 Å². The maximum absolute atomic E-state index is 13.4. The fraction of sp³-hybridized carbons (Fsp3) is 0.458.